The van der Waals surface area contributed by atoms with Crippen LogP contribution < -0.4 is 0 Å². The van der Waals surface area contributed by atoms with E-state index in [9.17, 15) is 8.42 Å². The fourth-order valence-electron chi connectivity index (χ4n) is 2.16. The zero-order valence-corrected chi connectivity index (χ0v) is 12.3. The summed E-state index contributed by atoms with van der Waals surface area (Å²) in [5.74, 6) is 1.36. The van der Waals surface area contributed by atoms with Crippen LogP contribution in [0.5, 0.6) is 0 Å². The topological polar surface area (TPSA) is 52.0 Å². The van der Waals surface area contributed by atoms with Crippen LogP contribution in [0.15, 0.2) is 24.3 Å². The number of aromatic nitrogens is 2. The number of aryl methyl sites for hydroxylation is 2. The molecule has 0 bridgehead atoms. The van der Waals surface area contributed by atoms with Crippen LogP contribution in [0.3, 0.4) is 0 Å². The van der Waals surface area contributed by atoms with Gasteiger partial charge in [0.25, 0.3) is 0 Å². The minimum Gasteiger partial charge on any atom is -0.327 e. The second kappa shape index (κ2) is 5.74. The van der Waals surface area contributed by atoms with Crippen LogP contribution in [0.2, 0.25) is 0 Å². The fraction of sp³-hybridized carbons (Fsp3) is 0.500. The number of hydrogen-bond donors (Lipinski definition) is 0. The van der Waals surface area contributed by atoms with Crippen LogP contribution in [0.4, 0.5) is 0 Å². The third-order valence-electron chi connectivity index (χ3n) is 3.27. The molecular weight excluding hydrogens is 260 g/mol. The monoisotopic (exact) mass is 280 g/mol. The minimum absolute atomic E-state index is 0.181. The van der Waals surface area contributed by atoms with Gasteiger partial charge >= 0.3 is 0 Å². The maximum atomic E-state index is 11.7. The zero-order valence-electron chi connectivity index (χ0n) is 11.5. The second-order valence-electron chi connectivity index (χ2n) is 4.65. The third-order valence-corrected chi connectivity index (χ3v) is 4.96. The summed E-state index contributed by atoms with van der Waals surface area (Å²) in [5.41, 5.74) is 1.97. The van der Waals surface area contributed by atoms with E-state index in [2.05, 4.69) is 11.9 Å². The van der Waals surface area contributed by atoms with Crippen LogP contribution in [0, 0.1) is 0 Å². The van der Waals surface area contributed by atoms with Crippen molar-refractivity contribution >= 4 is 20.9 Å². The highest BCUT2D eigenvalue weighted by Gasteiger charge is 2.13. The van der Waals surface area contributed by atoms with E-state index >= 15 is 0 Å². The molecule has 2 aromatic rings. The van der Waals surface area contributed by atoms with Crippen molar-refractivity contribution in [1.82, 2.24) is 9.55 Å². The lowest BCUT2D eigenvalue weighted by atomic mass is 10.3. The Morgan fingerprint density at radius 2 is 1.95 bits per heavy atom. The van der Waals surface area contributed by atoms with Crippen molar-refractivity contribution in [2.24, 2.45) is 0 Å². The first-order chi connectivity index (χ1) is 9.07. The third kappa shape index (κ3) is 3.15. The van der Waals surface area contributed by atoms with Crippen molar-refractivity contribution in [3.63, 3.8) is 0 Å². The summed E-state index contributed by atoms with van der Waals surface area (Å²) in [5, 5.41) is 0. The van der Waals surface area contributed by atoms with Crippen molar-refractivity contribution in [3.8, 4) is 0 Å². The van der Waals surface area contributed by atoms with Crippen LogP contribution in [0.1, 0.15) is 26.1 Å². The van der Waals surface area contributed by atoms with Gasteiger partial charge in [-0.05, 0) is 18.6 Å². The molecule has 0 unspecified atom stereocenters. The van der Waals surface area contributed by atoms with Crippen LogP contribution in [-0.2, 0) is 22.8 Å². The summed E-state index contributed by atoms with van der Waals surface area (Å²) in [6.45, 7) is 4.28. The number of hydrogen-bond acceptors (Lipinski definition) is 3. The van der Waals surface area contributed by atoms with Gasteiger partial charge in [0.05, 0.1) is 16.8 Å². The van der Waals surface area contributed by atoms with Gasteiger partial charge < -0.3 is 4.57 Å². The van der Waals surface area contributed by atoms with Gasteiger partial charge in [0.1, 0.15) is 5.82 Å². The molecule has 4 nitrogen and oxygen atoms in total. The molecule has 0 radical (unpaired) electrons. The molecule has 19 heavy (non-hydrogen) atoms. The number of rotatable bonds is 6. The lowest BCUT2D eigenvalue weighted by Crippen LogP contribution is -2.16. The molecular formula is C14H20N2O2S. The lowest BCUT2D eigenvalue weighted by molar-refractivity contribution is 0.588. The van der Waals surface area contributed by atoms with Gasteiger partial charge in [-0.25, -0.2) is 13.4 Å². The van der Waals surface area contributed by atoms with Crippen molar-refractivity contribution in [1.29, 1.82) is 0 Å². The number of sulfone groups is 1. The van der Waals surface area contributed by atoms with E-state index in [1.807, 2.05) is 28.8 Å². The molecule has 2 rings (SSSR count). The first-order valence-electron chi connectivity index (χ1n) is 6.72. The standard InChI is InChI=1S/C14H20N2O2S/c1-3-7-14-15-12-8-5-6-9-13(12)16(14)10-11-19(17,18)4-2/h5-6,8-9H,3-4,7,10-11H2,1-2H3. The van der Waals surface area contributed by atoms with E-state index in [0.29, 0.717) is 6.54 Å². The summed E-state index contributed by atoms with van der Waals surface area (Å²) in [6.07, 6.45) is 1.88. The predicted octanol–water partition coefficient (Wildman–Crippen LogP) is 2.42. The quantitative estimate of drug-likeness (QED) is 0.816. The molecule has 5 heteroatoms. The molecule has 0 aliphatic carbocycles. The Kier molecular flexibility index (Phi) is 4.24. The average molecular weight is 280 g/mol. The number of fused-ring (bicyclic) bond motifs is 1. The number of benzene rings is 1. The highest BCUT2D eigenvalue weighted by molar-refractivity contribution is 7.91. The van der Waals surface area contributed by atoms with Gasteiger partial charge in [-0.15, -0.1) is 0 Å². The van der Waals surface area contributed by atoms with Gasteiger partial charge in [-0.2, -0.15) is 0 Å². The molecule has 1 heterocycles. The lowest BCUT2D eigenvalue weighted by Gasteiger charge is -2.08. The summed E-state index contributed by atoms with van der Waals surface area (Å²) in [4.78, 5) is 4.60. The Bertz CT molecular complexity index is 659. The Hall–Kier alpha value is -1.36. The van der Waals surface area contributed by atoms with Gasteiger partial charge in [0.2, 0.25) is 0 Å². The van der Waals surface area contributed by atoms with Crippen molar-refractivity contribution < 1.29 is 8.42 Å². The van der Waals surface area contributed by atoms with Gasteiger partial charge in [-0.1, -0.05) is 26.0 Å². The Labute approximate surface area is 114 Å². The maximum Gasteiger partial charge on any atom is 0.151 e. The molecule has 0 saturated heterocycles. The second-order valence-corrected chi connectivity index (χ2v) is 7.13. The van der Waals surface area contributed by atoms with Gasteiger partial charge in [0.15, 0.2) is 9.84 Å². The molecule has 0 atom stereocenters. The van der Waals surface area contributed by atoms with E-state index in [1.54, 1.807) is 6.92 Å². The summed E-state index contributed by atoms with van der Waals surface area (Å²) >= 11 is 0. The van der Waals surface area contributed by atoms with Crippen molar-refractivity contribution in [3.05, 3.63) is 30.1 Å². The first kappa shape index (κ1) is 14.1. The van der Waals surface area contributed by atoms with Gasteiger partial charge in [0, 0.05) is 18.7 Å². The van der Waals surface area contributed by atoms with E-state index < -0.39 is 9.84 Å². The molecule has 0 spiro atoms. The van der Waals surface area contributed by atoms with E-state index in [0.717, 1.165) is 29.7 Å². The summed E-state index contributed by atoms with van der Waals surface area (Å²) < 4.78 is 25.4. The highest BCUT2D eigenvalue weighted by Crippen LogP contribution is 2.17. The predicted molar refractivity (Wildman–Crippen MR) is 78.1 cm³/mol. The molecule has 0 fully saturated rings. The molecule has 0 amide bonds. The largest absolute Gasteiger partial charge is 0.327 e. The van der Waals surface area contributed by atoms with Crippen LogP contribution >= 0.6 is 0 Å². The normalized spacial score (nSPS) is 12.1. The number of imidazole rings is 1. The SMILES string of the molecule is CCCc1nc2ccccc2n1CCS(=O)(=O)CC. The molecule has 0 aliphatic rings. The van der Waals surface area contributed by atoms with Crippen molar-refractivity contribution in [2.45, 2.75) is 33.2 Å². The molecule has 0 N–H and O–H groups in total. The van der Waals surface area contributed by atoms with E-state index in [4.69, 9.17) is 0 Å². The number of nitrogens with zero attached hydrogens (tertiary/aromatic N) is 2. The smallest absolute Gasteiger partial charge is 0.151 e. The van der Waals surface area contributed by atoms with Crippen LogP contribution in [-0.4, -0.2) is 29.5 Å². The highest BCUT2D eigenvalue weighted by atomic mass is 32.2. The van der Waals surface area contributed by atoms with Crippen LogP contribution in [0.25, 0.3) is 11.0 Å². The zero-order chi connectivity index (χ0) is 13.9. The first-order valence-corrected chi connectivity index (χ1v) is 8.54. The summed E-state index contributed by atoms with van der Waals surface area (Å²) in [6, 6.07) is 7.89. The van der Waals surface area contributed by atoms with Gasteiger partial charge in [-0.3, -0.25) is 0 Å². The molecule has 0 saturated carbocycles. The maximum absolute atomic E-state index is 11.7. The molecule has 1 aromatic heterocycles. The number of para-hydroxylation sites is 2. The summed E-state index contributed by atoms with van der Waals surface area (Å²) in [7, 11) is -2.94. The van der Waals surface area contributed by atoms with E-state index in [1.165, 1.54) is 0 Å². The Morgan fingerprint density at radius 3 is 2.63 bits per heavy atom. The van der Waals surface area contributed by atoms with Crippen molar-refractivity contribution in [2.75, 3.05) is 11.5 Å². The Morgan fingerprint density at radius 1 is 1.21 bits per heavy atom. The molecule has 1 aromatic carbocycles. The average Bonchev–Trinajstić information content (AvgIpc) is 2.74. The molecule has 104 valence electrons. The van der Waals surface area contributed by atoms with E-state index in [-0.39, 0.29) is 11.5 Å². The Balaban J connectivity index is 2.36. The fourth-order valence-corrected chi connectivity index (χ4v) is 2.91. The minimum atomic E-state index is -2.94. The molecule has 0 aliphatic heterocycles.